The number of pyridine rings is 2. The summed E-state index contributed by atoms with van der Waals surface area (Å²) < 4.78 is 20.8. The molecule has 2 aliphatic rings. The monoisotopic (exact) mass is 438 g/mol. The number of hydrogen-bond donors (Lipinski definition) is 4. The molecule has 32 heavy (non-hydrogen) atoms. The van der Waals surface area contributed by atoms with Gasteiger partial charge in [0.05, 0.1) is 24.4 Å². The van der Waals surface area contributed by atoms with E-state index in [1.807, 2.05) is 6.92 Å². The van der Waals surface area contributed by atoms with Crippen molar-refractivity contribution >= 4 is 34.0 Å². The van der Waals surface area contributed by atoms with Crippen LogP contribution in [0.3, 0.4) is 0 Å². The lowest BCUT2D eigenvalue weighted by Crippen LogP contribution is -2.62. The van der Waals surface area contributed by atoms with Crippen molar-refractivity contribution in [2.75, 3.05) is 42.6 Å². The van der Waals surface area contributed by atoms with E-state index in [0.29, 0.717) is 46.7 Å². The topological polar surface area (TPSA) is 126 Å². The average Bonchev–Trinajstić information content (AvgIpc) is 2.75. The van der Waals surface area contributed by atoms with Crippen molar-refractivity contribution in [1.82, 2.24) is 14.9 Å². The number of fused-ring (bicyclic) bond motifs is 2. The first-order chi connectivity index (χ1) is 15.2. The molecule has 3 aromatic rings. The van der Waals surface area contributed by atoms with Gasteiger partial charge < -0.3 is 25.8 Å². The summed E-state index contributed by atoms with van der Waals surface area (Å²) in [7, 11) is 0. The van der Waals surface area contributed by atoms with Crippen molar-refractivity contribution in [3.8, 4) is 17.0 Å². The highest BCUT2D eigenvalue weighted by atomic mass is 19.1. The number of hydrogen-bond acceptors (Lipinski definition) is 7. The Morgan fingerprint density at radius 3 is 2.84 bits per heavy atom. The molecule has 0 unspecified atom stereocenters. The molecule has 1 saturated heterocycles. The lowest BCUT2D eigenvalue weighted by atomic mass is 9.97. The first kappa shape index (κ1) is 20.3. The fourth-order valence-corrected chi connectivity index (χ4v) is 4.16. The number of nitrogens with one attached hydrogen (secondary N) is 2. The number of nitrogens with zero attached hydrogens (tertiary/aromatic N) is 3. The van der Waals surface area contributed by atoms with Crippen LogP contribution in [0.25, 0.3) is 21.9 Å². The van der Waals surface area contributed by atoms with Crippen molar-refractivity contribution < 1.29 is 19.0 Å². The van der Waals surface area contributed by atoms with Crippen LogP contribution in [0.4, 0.5) is 26.4 Å². The van der Waals surface area contributed by atoms with Crippen molar-refractivity contribution in [2.45, 2.75) is 19.4 Å². The van der Waals surface area contributed by atoms with Crippen molar-refractivity contribution in [3.05, 3.63) is 35.9 Å². The molecule has 0 saturated carbocycles. The molecule has 2 aliphatic heterocycles. The van der Waals surface area contributed by atoms with E-state index in [2.05, 4.69) is 20.6 Å². The van der Waals surface area contributed by atoms with Gasteiger partial charge in [-0.05, 0) is 36.9 Å². The quantitative estimate of drug-likeness (QED) is 0.453. The fraction of sp³-hybridized carbons (Fsp3) is 0.318. The molecule has 4 heterocycles. The molecule has 10 heteroatoms. The number of nitrogens with two attached hydrogens (primary N) is 1. The number of ether oxygens (including phenoxy) is 1. The average molecular weight is 438 g/mol. The second-order valence-corrected chi connectivity index (χ2v) is 8.48. The summed E-state index contributed by atoms with van der Waals surface area (Å²) in [5.41, 5.74) is 7.65. The molecule has 0 radical (unpaired) electrons. The maximum Gasteiger partial charge on any atom is 0.323 e. The minimum atomic E-state index is -0.865. The molecule has 5 rings (SSSR count). The van der Waals surface area contributed by atoms with E-state index in [-0.39, 0.29) is 24.8 Å². The normalized spacial score (nSPS) is 16.6. The molecule has 1 aromatic carbocycles. The van der Waals surface area contributed by atoms with E-state index < -0.39 is 11.4 Å². The Morgan fingerprint density at radius 1 is 1.31 bits per heavy atom. The zero-order valence-electron chi connectivity index (χ0n) is 17.7. The van der Waals surface area contributed by atoms with Crippen LogP contribution in [0.5, 0.6) is 5.88 Å². The van der Waals surface area contributed by atoms with Gasteiger partial charge in [0.2, 0.25) is 5.88 Å². The molecule has 0 aliphatic carbocycles. The molecule has 0 bridgehead atoms. The Morgan fingerprint density at radius 2 is 2.09 bits per heavy atom. The zero-order chi connectivity index (χ0) is 22.6. The highest BCUT2D eigenvalue weighted by Gasteiger charge is 2.39. The number of amides is 2. The van der Waals surface area contributed by atoms with Gasteiger partial charge in [0.25, 0.3) is 0 Å². The highest BCUT2D eigenvalue weighted by molar-refractivity contribution is 6.00. The largest absolute Gasteiger partial charge is 0.474 e. The van der Waals surface area contributed by atoms with Crippen LogP contribution in [-0.2, 0) is 0 Å². The van der Waals surface area contributed by atoms with Gasteiger partial charge in [-0.25, -0.2) is 19.2 Å². The predicted molar refractivity (Wildman–Crippen MR) is 119 cm³/mol. The van der Waals surface area contributed by atoms with Gasteiger partial charge in [0.1, 0.15) is 18.1 Å². The van der Waals surface area contributed by atoms with Crippen molar-refractivity contribution in [1.29, 1.82) is 0 Å². The van der Waals surface area contributed by atoms with Gasteiger partial charge in [0, 0.05) is 35.5 Å². The van der Waals surface area contributed by atoms with Crippen LogP contribution in [-0.4, -0.2) is 57.8 Å². The zero-order valence-corrected chi connectivity index (χ0v) is 17.7. The summed E-state index contributed by atoms with van der Waals surface area (Å²) in [5, 5.41) is 16.9. The van der Waals surface area contributed by atoms with E-state index in [4.69, 9.17) is 10.5 Å². The number of carbonyl (C=O) groups is 1. The molecule has 5 N–H and O–H groups in total. The third-order valence-corrected chi connectivity index (χ3v) is 5.82. The molecule has 1 fully saturated rings. The minimum absolute atomic E-state index is 0.0250. The van der Waals surface area contributed by atoms with E-state index >= 15 is 4.39 Å². The Bertz CT molecular complexity index is 1250. The molecule has 2 amide bonds. The Labute approximate surface area is 183 Å². The van der Waals surface area contributed by atoms with Crippen molar-refractivity contribution in [2.24, 2.45) is 0 Å². The first-order valence-electron chi connectivity index (χ1n) is 10.3. The summed E-state index contributed by atoms with van der Waals surface area (Å²) in [6.07, 6.45) is 3.01. The third kappa shape index (κ3) is 3.32. The van der Waals surface area contributed by atoms with Gasteiger partial charge >= 0.3 is 6.03 Å². The van der Waals surface area contributed by atoms with Gasteiger partial charge in [-0.2, -0.15) is 0 Å². The van der Waals surface area contributed by atoms with Crippen LogP contribution in [0, 0.1) is 12.7 Å². The number of rotatable bonds is 2. The van der Waals surface area contributed by atoms with E-state index in [9.17, 15) is 9.90 Å². The second kappa shape index (κ2) is 7.20. The Balaban J connectivity index is 1.52. The summed E-state index contributed by atoms with van der Waals surface area (Å²) in [6.45, 7) is 5.20. The number of likely N-dealkylation sites (tertiary alicyclic amines) is 1. The summed E-state index contributed by atoms with van der Waals surface area (Å²) in [4.78, 5) is 22.4. The summed E-state index contributed by atoms with van der Waals surface area (Å²) >= 11 is 0. The van der Waals surface area contributed by atoms with Gasteiger partial charge in [-0.1, -0.05) is 0 Å². The van der Waals surface area contributed by atoms with Gasteiger partial charge in [0.15, 0.2) is 5.82 Å². The predicted octanol–water partition coefficient (Wildman–Crippen LogP) is 2.73. The number of anilines is 3. The molecule has 0 spiro atoms. The number of benzene rings is 1. The SMILES string of the molecule is Cc1c(-c2cc3cc(NC(=O)N4CC(C)(O)C4)ncc3c(N)c2F)cnc2c1NCCO2. The van der Waals surface area contributed by atoms with Crippen LogP contribution in [0.1, 0.15) is 12.5 Å². The van der Waals surface area contributed by atoms with E-state index in [1.54, 1.807) is 25.3 Å². The molecular formula is C22H23FN6O3. The lowest BCUT2D eigenvalue weighted by molar-refractivity contribution is -0.0581. The van der Waals surface area contributed by atoms with Crippen LogP contribution < -0.4 is 21.1 Å². The number of aromatic nitrogens is 2. The van der Waals surface area contributed by atoms with Gasteiger partial charge in [-0.15, -0.1) is 0 Å². The number of halogens is 1. The maximum absolute atomic E-state index is 15.2. The number of urea groups is 1. The summed E-state index contributed by atoms with van der Waals surface area (Å²) in [5.74, 6) is 0.243. The molecule has 0 atom stereocenters. The van der Waals surface area contributed by atoms with Crippen LogP contribution in [0.15, 0.2) is 24.5 Å². The van der Waals surface area contributed by atoms with E-state index in [1.165, 1.54) is 11.1 Å². The third-order valence-electron chi connectivity index (χ3n) is 5.82. The molecule has 9 nitrogen and oxygen atoms in total. The molecule has 2 aromatic heterocycles. The molecule has 166 valence electrons. The highest BCUT2D eigenvalue weighted by Crippen LogP contribution is 2.39. The first-order valence-corrected chi connectivity index (χ1v) is 10.3. The standard InChI is InChI=1S/C22H23FN6O3/c1-11-14(7-27-20-19(11)25-3-4-32-20)13-5-12-6-16(26-8-15(12)18(24)17(13)23)28-21(30)29-9-22(2,31)10-29/h5-8,25,31H,3-4,9-10,24H2,1-2H3,(H,26,28,30). The van der Waals surface area contributed by atoms with E-state index in [0.717, 1.165) is 11.3 Å². The summed E-state index contributed by atoms with van der Waals surface area (Å²) in [6, 6.07) is 2.96. The number of carbonyl (C=O) groups excluding carboxylic acids is 1. The second-order valence-electron chi connectivity index (χ2n) is 8.48. The van der Waals surface area contributed by atoms with Crippen LogP contribution >= 0.6 is 0 Å². The lowest BCUT2D eigenvalue weighted by Gasteiger charge is -2.43. The Hall–Kier alpha value is -3.66. The van der Waals surface area contributed by atoms with Crippen LogP contribution in [0.2, 0.25) is 0 Å². The maximum atomic E-state index is 15.2. The van der Waals surface area contributed by atoms with Gasteiger partial charge in [-0.3, -0.25) is 5.32 Å². The Kier molecular flexibility index (Phi) is 4.55. The number of nitrogen functional groups attached to an aromatic ring is 1. The molecular weight excluding hydrogens is 415 g/mol. The smallest absolute Gasteiger partial charge is 0.323 e. The minimum Gasteiger partial charge on any atom is -0.474 e. The van der Waals surface area contributed by atoms with Crippen molar-refractivity contribution in [3.63, 3.8) is 0 Å². The number of β-amino-alcohol motifs (C(OH)–C–C–N with tert-alkyl or cyclic N) is 1. The number of aliphatic hydroxyl groups is 1. The fourth-order valence-electron chi connectivity index (χ4n) is 4.16.